The Hall–Kier alpha value is -1.81. The van der Waals surface area contributed by atoms with E-state index in [1.54, 1.807) is 0 Å². The van der Waals surface area contributed by atoms with Gasteiger partial charge in [-0.15, -0.1) is 0 Å². The van der Waals surface area contributed by atoms with Gasteiger partial charge in [0.2, 0.25) is 0 Å². The van der Waals surface area contributed by atoms with Crippen molar-refractivity contribution in [3.05, 3.63) is 35.5 Å². The molecule has 1 aliphatic heterocycles. The van der Waals surface area contributed by atoms with E-state index in [-0.39, 0.29) is 11.6 Å². The van der Waals surface area contributed by atoms with Crippen molar-refractivity contribution < 1.29 is 14.3 Å². The van der Waals surface area contributed by atoms with Crippen LogP contribution in [0.2, 0.25) is 0 Å². The number of nitrogens with one attached hydrogen (secondary N) is 1. The van der Waals surface area contributed by atoms with Gasteiger partial charge in [0.1, 0.15) is 5.69 Å². The summed E-state index contributed by atoms with van der Waals surface area (Å²) in [7, 11) is 0. The fraction of sp³-hybridized carbons (Fsp3) is 0.526. The second kappa shape index (κ2) is 5.38. The van der Waals surface area contributed by atoms with Gasteiger partial charge < -0.3 is 14.5 Å². The van der Waals surface area contributed by atoms with Gasteiger partial charge in [0.15, 0.2) is 0 Å². The van der Waals surface area contributed by atoms with Crippen molar-refractivity contribution in [3.8, 4) is 0 Å². The summed E-state index contributed by atoms with van der Waals surface area (Å²) in [5.74, 6) is 0.956. The largest absolute Gasteiger partial charge is 0.461 e. The molecule has 2 unspecified atom stereocenters. The molecule has 23 heavy (non-hydrogen) atoms. The first-order valence-electron chi connectivity index (χ1n) is 8.55. The molecule has 122 valence electrons. The van der Waals surface area contributed by atoms with Crippen LogP contribution in [0.4, 0.5) is 0 Å². The van der Waals surface area contributed by atoms with E-state index in [4.69, 9.17) is 9.47 Å². The molecule has 1 N–H and O–H groups in total. The molecule has 0 bridgehead atoms. The maximum Gasteiger partial charge on any atom is 0.354 e. The third-order valence-corrected chi connectivity index (χ3v) is 5.45. The fourth-order valence-corrected chi connectivity index (χ4v) is 3.94. The quantitative estimate of drug-likeness (QED) is 0.871. The molecule has 1 aromatic heterocycles. The lowest BCUT2D eigenvalue weighted by Gasteiger charge is -2.31. The number of hydrogen-bond donors (Lipinski definition) is 1. The summed E-state index contributed by atoms with van der Waals surface area (Å²) in [5, 5.41) is 1.08. The molecule has 2 heterocycles. The Bertz CT molecular complexity index is 750. The molecule has 1 spiro atoms. The third kappa shape index (κ3) is 2.55. The summed E-state index contributed by atoms with van der Waals surface area (Å²) >= 11 is 0. The zero-order valence-electron chi connectivity index (χ0n) is 13.7. The van der Waals surface area contributed by atoms with E-state index in [1.807, 2.05) is 13.0 Å². The van der Waals surface area contributed by atoms with E-state index in [0.717, 1.165) is 30.4 Å². The normalized spacial score (nSPS) is 29.8. The number of carbonyl (C=O) groups excluding carboxylic acids is 1. The summed E-state index contributed by atoms with van der Waals surface area (Å²) in [5.41, 5.74) is 3.01. The standard InChI is InChI=1S/C19H23NO3/c1-3-22-18(21)17-9-15-8-13(4-5-16(15)20-17)14-6-7-23-19(11-14)10-12(19)2/h4-5,8-9,12,14,20H,3,6-7,10-11H2,1-2H3/t12-,14?,19?/m1/s1. The number of benzene rings is 1. The molecule has 1 aliphatic carbocycles. The summed E-state index contributed by atoms with van der Waals surface area (Å²) in [6.45, 7) is 5.35. The van der Waals surface area contributed by atoms with Crippen LogP contribution in [0.3, 0.4) is 0 Å². The molecule has 4 nitrogen and oxygen atoms in total. The van der Waals surface area contributed by atoms with Crippen molar-refractivity contribution in [1.82, 2.24) is 4.98 Å². The van der Waals surface area contributed by atoms with E-state index in [1.165, 1.54) is 12.0 Å². The minimum absolute atomic E-state index is 0.145. The van der Waals surface area contributed by atoms with Crippen molar-refractivity contribution >= 4 is 16.9 Å². The highest BCUT2D eigenvalue weighted by molar-refractivity contribution is 5.95. The smallest absolute Gasteiger partial charge is 0.354 e. The Kier molecular flexibility index (Phi) is 3.45. The van der Waals surface area contributed by atoms with Crippen molar-refractivity contribution in [2.45, 2.75) is 44.6 Å². The maximum absolute atomic E-state index is 11.9. The van der Waals surface area contributed by atoms with Crippen molar-refractivity contribution in [1.29, 1.82) is 0 Å². The van der Waals surface area contributed by atoms with E-state index in [0.29, 0.717) is 24.1 Å². The van der Waals surface area contributed by atoms with Crippen LogP contribution in [-0.4, -0.2) is 29.8 Å². The second-order valence-corrected chi connectivity index (χ2v) is 6.96. The van der Waals surface area contributed by atoms with Gasteiger partial charge in [-0.2, -0.15) is 0 Å². The number of aromatic nitrogens is 1. The highest BCUT2D eigenvalue weighted by Gasteiger charge is 2.54. The summed E-state index contributed by atoms with van der Waals surface area (Å²) in [6, 6.07) is 8.37. The van der Waals surface area contributed by atoms with Gasteiger partial charge in [0.05, 0.1) is 12.2 Å². The number of carbonyl (C=O) groups is 1. The summed E-state index contributed by atoms with van der Waals surface area (Å²) in [6.07, 6.45) is 3.40. The van der Waals surface area contributed by atoms with Crippen LogP contribution in [0.15, 0.2) is 24.3 Å². The first kappa shape index (κ1) is 14.8. The molecule has 1 saturated carbocycles. The first-order chi connectivity index (χ1) is 11.1. The molecule has 2 fully saturated rings. The molecule has 4 heteroatoms. The van der Waals surface area contributed by atoms with Gasteiger partial charge >= 0.3 is 5.97 Å². The fourth-order valence-electron chi connectivity index (χ4n) is 3.94. The van der Waals surface area contributed by atoms with Gasteiger partial charge in [0.25, 0.3) is 0 Å². The maximum atomic E-state index is 11.9. The van der Waals surface area contributed by atoms with E-state index in [9.17, 15) is 4.79 Å². The number of hydrogen-bond acceptors (Lipinski definition) is 3. The molecule has 0 amide bonds. The number of esters is 1. The molecule has 1 saturated heterocycles. The molecule has 2 aromatic rings. The topological polar surface area (TPSA) is 51.3 Å². The highest BCUT2D eigenvalue weighted by atomic mass is 16.5. The van der Waals surface area contributed by atoms with Crippen molar-refractivity contribution in [2.24, 2.45) is 5.92 Å². The van der Waals surface area contributed by atoms with Gasteiger partial charge in [0, 0.05) is 17.5 Å². The Balaban J connectivity index is 1.60. The third-order valence-electron chi connectivity index (χ3n) is 5.45. The van der Waals surface area contributed by atoms with Crippen LogP contribution < -0.4 is 0 Å². The number of H-pyrrole nitrogens is 1. The molecule has 2 aliphatic rings. The van der Waals surface area contributed by atoms with Crippen molar-refractivity contribution in [2.75, 3.05) is 13.2 Å². The predicted octanol–water partition coefficient (Wildman–Crippen LogP) is 4.02. The average Bonchev–Trinajstić information content (AvgIpc) is 2.99. The van der Waals surface area contributed by atoms with Gasteiger partial charge in [-0.3, -0.25) is 0 Å². The van der Waals surface area contributed by atoms with Crippen molar-refractivity contribution in [3.63, 3.8) is 0 Å². The molecular formula is C19H23NO3. The average molecular weight is 313 g/mol. The monoisotopic (exact) mass is 313 g/mol. The predicted molar refractivity (Wildman–Crippen MR) is 88.7 cm³/mol. The molecule has 4 rings (SSSR count). The van der Waals surface area contributed by atoms with Crippen LogP contribution in [0.5, 0.6) is 0 Å². The zero-order chi connectivity index (χ0) is 16.0. The molecule has 1 aromatic carbocycles. The lowest BCUT2D eigenvalue weighted by molar-refractivity contribution is -0.0228. The molecule has 3 atom stereocenters. The van der Waals surface area contributed by atoms with Crippen LogP contribution >= 0.6 is 0 Å². The number of aromatic amines is 1. The SMILES string of the molecule is CCOC(=O)c1cc2cc(C3CCOC4(C3)C[C@H]4C)ccc2[nH]1. The van der Waals surface area contributed by atoms with E-state index < -0.39 is 0 Å². The van der Waals surface area contributed by atoms with Crippen LogP contribution in [-0.2, 0) is 9.47 Å². The lowest BCUT2D eigenvalue weighted by atomic mass is 9.86. The molecule has 0 radical (unpaired) electrons. The van der Waals surface area contributed by atoms with Gasteiger partial charge in [-0.1, -0.05) is 13.0 Å². The number of rotatable bonds is 3. The van der Waals surface area contributed by atoms with Crippen LogP contribution in [0.25, 0.3) is 10.9 Å². The van der Waals surface area contributed by atoms with Gasteiger partial charge in [-0.05, 0) is 61.8 Å². The zero-order valence-corrected chi connectivity index (χ0v) is 13.7. The van der Waals surface area contributed by atoms with Crippen LogP contribution in [0.1, 0.15) is 55.1 Å². The first-order valence-corrected chi connectivity index (χ1v) is 8.55. The Morgan fingerprint density at radius 2 is 2.22 bits per heavy atom. The van der Waals surface area contributed by atoms with E-state index >= 15 is 0 Å². The highest BCUT2D eigenvalue weighted by Crippen LogP contribution is 2.55. The lowest BCUT2D eigenvalue weighted by Crippen LogP contribution is -2.27. The number of ether oxygens (including phenoxy) is 2. The minimum Gasteiger partial charge on any atom is -0.461 e. The Morgan fingerprint density at radius 3 is 2.96 bits per heavy atom. The summed E-state index contributed by atoms with van der Waals surface area (Å²) < 4.78 is 11.1. The molecular weight excluding hydrogens is 290 g/mol. The second-order valence-electron chi connectivity index (χ2n) is 6.96. The van der Waals surface area contributed by atoms with Gasteiger partial charge in [-0.25, -0.2) is 4.79 Å². The van der Waals surface area contributed by atoms with E-state index in [2.05, 4.69) is 30.1 Å². The summed E-state index contributed by atoms with van der Waals surface area (Å²) in [4.78, 5) is 15.0. The Morgan fingerprint density at radius 1 is 1.39 bits per heavy atom. The van der Waals surface area contributed by atoms with Crippen LogP contribution in [0, 0.1) is 5.92 Å². The number of fused-ring (bicyclic) bond motifs is 1. The Labute approximate surface area is 136 Å². The minimum atomic E-state index is -0.290.